The molecule has 2 heterocycles. The fourth-order valence-electron chi connectivity index (χ4n) is 1.91. The number of nitrogens with zero attached hydrogens (tertiary/aromatic N) is 2. The second-order valence-electron chi connectivity index (χ2n) is 4.43. The lowest BCUT2D eigenvalue weighted by atomic mass is 10.1. The lowest BCUT2D eigenvalue weighted by Gasteiger charge is -2.15. The summed E-state index contributed by atoms with van der Waals surface area (Å²) in [5.74, 6) is 0.229. The number of aromatic nitrogens is 2. The Hall–Kier alpha value is -1.95. The van der Waals surface area contributed by atoms with Gasteiger partial charge in [-0.1, -0.05) is 13.8 Å². The summed E-state index contributed by atoms with van der Waals surface area (Å²) in [7, 11) is 0. The van der Waals surface area contributed by atoms with Gasteiger partial charge in [0.05, 0.1) is 6.04 Å². The number of pyridine rings is 1. The number of carbonyl (C=O) groups excluding carboxylic acids is 1. The molecule has 0 saturated carbocycles. The van der Waals surface area contributed by atoms with Crippen molar-refractivity contribution in [3.8, 4) is 0 Å². The molecule has 3 N–H and O–H groups in total. The Balaban J connectivity index is 2.17. The normalized spacial score (nSPS) is 12.1. The second-order valence-corrected chi connectivity index (χ2v) is 5.36. The van der Waals surface area contributed by atoms with Gasteiger partial charge in [0.15, 0.2) is 0 Å². The highest BCUT2D eigenvalue weighted by Gasteiger charge is 2.16. The molecule has 5 nitrogen and oxygen atoms in total. The minimum Gasteiger partial charge on any atom is -0.384 e. The Morgan fingerprint density at radius 1 is 1.45 bits per heavy atom. The first-order valence-electron chi connectivity index (χ1n) is 6.60. The number of anilines is 1. The van der Waals surface area contributed by atoms with Gasteiger partial charge in [0.1, 0.15) is 10.8 Å². The van der Waals surface area contributed by atoms with Gasteiger partial charge in [-0.05, 0) is 25.0 Å². The van der Waals surface area contributed by atoms with Gasteiger partial charge >= 0.3 is 0 Å². The van der Waals surface area contributed by atoms with Crippen LogP contribution in [0.1, 0.15) is 47.4 Å². The van der Waals surface area contributed by atoms with E-state index in [0.717, 1.165) is 23.5 Å². The Morgan fingerprint density at radius 3 is 2.85 bits per heavy atom. The van der Waals surface area contributed by atoms with Crippen LogP contribution in [-0.4, -0.2) is 15.9 Å². The number of nitrogens with two attached hydrogens (primary N) is 1. The molecule has 0 spiro atoms. The topological polar surface area (TPSA) is 80.9 Å². The zero-order chi connectivity index (χ0) is 14.5. The number of hydrogen-bond donors (Lipinski definition) is 2. The van der Waals surface area contributed by atoms with Gasteiger partial charge in [-0.25, -0.2) is 9.97 Å². The molecular weight excluding hydrogens is 272 g/mol. The van der Waals surface area contributed by atoms with Crippen molar-refractivity contribution in [2.24, 2.45) is 0 Å². The molecule has 0 saturated heterocycles. The van der Waals surface area contributed by atoms with E-state index in [2.05, 4.69) is 15.3 Å². The summed E-state index contributed by atoms with van der Waals surface area (Å²) in [6.45, 7) is 4.00. The van der Waals surface area contributed by atoms with E-state index < -0.39 is 0 Å². The average molecular weight is 290 g/mol. The Labute approximate surface area is 122 Å². The molecule has 0 aliphatic carbocycles. The van der Waals surface area contributed by atoms with E-state index in [4.69, 9.17) is 5.73 Å². The maximum atomic E-state index is 12.3. The third-order valence-corrected chi connectivity index (χ3v) is 3.87. The molecule has 1 unspecified atom stereocenters. The van der Waals surface area contributed by atoms with Crippen molar-refractivity contribution in [2.75, 3.05) is 5.73 Å². The molecule has 0 aromatic carbocycles. The molecule has 106 valence electrons. The van der Waals surface area contributed by atoms with Crippen molar-refractivity contribution in [3.05, 3.63) is 40.0 Å². The summed E-state index contributed by atoms with van der Waals surface area (Å²) >= 11 is 1.54. The van der Waals surface area contributed by atoms with Crippen LogP contribution in [-0.2, 0) is 6.42 Å². The number of thiazole rings is 1. The van der Waals surface area contributed by atoms with Crippen molar-refractivity contribution in [3.63, 3.8) is 0 Å². The van der Waals surface area contributed by atoms with Crippen molar-refractivity contribution >= 4 is 23.1 Å². The summed E-state index contributed by atoms with van der Waals surface area (Å²) < 4.78 is 0. The highest BCUT2D eigenvalue weighted by Crippen LogP contribution is 2.19. The summed E-state index contributed by atoms with van der Waals surface area (Å²) in [5, 5.41) is 5.81. The van der Waals surface area contributed by atoms with E-state index in [-0.39, 0.29) is 11.9 Å². The quantitative estimate of drug-likeness (QED) is 0.886. The van der Waals surface area contributed by atoms with Gasteiger partial charge in [-0.15, -0.1) is 11.3 Å². The number of nitrogens with one attached hydrogen (secondary N) is 1. The number of nitrogen functional groups attached to an aromatic ring is 1. The van der Waals surface area contributed by atoms with Gasteiger partial charge in [0, 0.05) is 22.8 Å². The standard InChI is InChI=1S/C14H18N4OS/c1-3-10-7-9(8-12(15)17-10)13(19)18-11(4-2)14-16-5-6-20-14/h5-8,11H,3-4H2,1-2H3,(H2,15,17)(H,18,19). The van der Waals surface area contributed by atoms with Crippen LogP contribution in [0.4, 0.5) is 5.82 Å². The van der Waals surface area contributed by atoms with E-state index in [9.17, 15) is 4.79 Å². The fourth-order valence-corrected chi connectivity index (χ4v) is 2.68. The Bertz CT molecular complexity index is 583. The van der Waals surface area contributed by atoms with Crippen LogP contribution >= 0.6 is 11.3 Å². The molecular formula is C14H18N4OS. The van der Waals surface area contributed by atoms with Crippen LogP contribution < -0.4 is 11.1 Å². The number of aryl methyl sites for hydroxylation is 1. The zero-order valence-corrected chi connectivity index (χ0v) is 12.4. The van der Waals surface area contributed by atoms with E-state index >= 15 is 0 Å². The minimum absolute atomic E-state index is 0.0676. The van der Waals surface area contributed by atoms with Crippen molar-refractivity contribution < 1.29 is 4.79 Å². The maximum Gasteiger partial charge on any atom is 0.252 e. The molecule has 0 fully saturated rings. The molecule has 0 bridgehead atoms. The second kappa shape index (κ2) is 6.47. The maximum absolute atomic E-state index is 12.3. The third kappa shape index (κ3) is 3.33. The lowest BCUT2D eigenvalue weighted by Crippen LogP contribution is -2.28. The fraction of sp³-hybridized carbons (Fsp3) is 0.357. The summed E-state index contributed by atoms with van der Waals surface area (Å²) in [6, 6.07) is 3.31. The number of amides is 1. The van der Waals surface area contributed by atoms with Crippen LogP contribution in [0.25, 0.3) is 0 Å². The highest BCUT2D eigenvalue weighted by molar-refractivity contribution is 7.09. The molecule has 2 rings (SSSR count). The summed E-state index contributed by atoms with van der Waals surface area (Å²) in [4.78, 5) is 20.7. The highest BCUT2D eigenvalue weighted by atomic mass is 32.1. The molecule has 0 aliphatic heterocycles. The average Bonchev–Trinajstić information content (AvgIpc) is 2.97. The van der Waals surface area contributed by atoms with Crippen LogP contribution in [0.15, 0.2) is 23.7 Å². The molecule has 6 heteroatoms. The smallest absolute Gasteiger partial charge is 0.252 e. The molecule has 1 amide bonds. The predicted octanol–water partition coefficient (Wildman–Crippen LogP) is 2.56. The Morgan fingerprint density at radius 2 is 2.25 bits per heavy atom. The van der Waals surface area contributed by atoms with Gasteiger partial charge in [0.25, 0.3) is 5.91 Å². The van der Waals surface area contributed by atoms with E-state index in [0.29, 0.717) is 11.4 Å². The number of hydrogen-bond acceptors (Lipinski definition) is 5. The van der Waals surface area contributed by atoms with Gasteiger partial charge in [0.2, 0.25) is 0 Å². The van der Waals surface area contributed by atoms with Gasteiger partial charge in [-0.2, -0.15) is 0 Å². The molecule has 1 atom stereocenters. The SMILES string of the molecule is CCc1cc(C(=O)NC(CC)c2nccs2)cc(N)n1. The summed E-state index contributed by atoms with van der Waals surface area (Å²) in [5.41, 5.74) is 7.09. The first-order valence-corrected chi connectivity index (χ1v) is 7.48. The van der Waals surface area contributed by atoms with Crippen LogP contribution in [0, 0.1) is 0 Å². The lowest BCUT2D eigenvalue weighted by molar-refractivity contribution is 0.0935. The first kappa shape index (κ1) is 14.5. The van der Waals surface area contributed by atoms with Crippen LogP contribution in [0.5, 0.6) is 0 Å². The van der Waals surface area contributed by atoms with E-state index in [1.54, 1.807) is 29.7 Å². The third-order valence-electron chi connectivity index (χ3n) is 2.99. The molecule has 2 aromatic heterocycles. The minimum atomic E-state index is -0.143. The van der Waals surface area contributed by atoms with Gasteiger partial charge in [-0.3, -0.25) is 4.79 Å². The van der Waals surface area contributed by atoms with E-state index in [1.165, 1.54) is 0 Å². The number of carbonyl (C=O) groups is 1. The predicted molar refractivity (Wildman–Crippen MR) is 80.6 cm³/mol. The van der Waals surface area contributed by atoms with Crippen LogP contribution in [0.2, 0.25) is 0 Å². The number of rotatable bonds is 5. The Kier molecular flexibility index (Phi) is 4.68. The largest absolute Gasteiger partial charge is 0.384 e. The van der Waals surface area contributed by atoms with Crippen molar-refractivity contribution in [1.82, 2.24) is 15.3 Å². The summed E-state index contributed by atoms with van der Waals surface area (Å²) in [6.07, 6.45) is 3.28. The van der Waals surface area contributed by atoms with Gasteiger partial charge < -0.3 is 11.1 Å². The van der Waals surface area contributed by atoms with Crippen molar-refractivity contribution in [2.45, 2.75) is 32.7 Å². The molecule has 2 aromatic rings. The zero-order valence-electron chi connectivity index (χ0n) is 11.6. The van der Waals surface area contributed by atoms with Crippen molar-refractivity contribution in [1.29, 1.82) is 0 Å². The monoisotopic (exact) mass is 290 g/mol. The van der Waals surface area contributed by atoms with E-state index in [1.807, 2.05) is 19.2 Å². The molecule has 20 heavy (non-hydrogen) atoms. The first-order chi connectivity index (χ1) is 9.63. The van der Waals surface area contributed by atoms with Crippen LogP contribution in [0.3, 0.4) is 0 Å². The molecule has 0 aliphatic rings. The molecule has 0 radical (unpaired) electrons.